The van der Waals surface area contributed by atoms with E-state index in [0.29, 0.717) is 30.1 Å². The lowest BCUT2D eigenvalue weighted by Crippen LogP contribution is -2.59. The summed E-state index contributed by atoms with van der Waals surface area (Å²) < 4.78 is 20.3. The van der Waals surface area contributed by atoms with Crippen LogP contribution in [0, 0.1) is 17.1 Å². The van der Waals surface area contributed by atoms with E-state index in [-0.39, 0.29) is 17.6 Å². The van der Waals surface area contributed by atoms with Crippen LogP contribution in [0.4, 0.5) is 15.9 Å². The number of aromatic nitrogens is 3. The summed E-state index contributed by atoms with van der Waals surface area (Å²) >= 11 is 0. The van der Waals surface area contributed by atoms with Crippen molar-refractivity contribution < 1.29 is 9.13 Å². The molecule has 3 heterocycles. The van der Waals surface area contributed by atoms with Crippen LogP contribution in [-0.4, -0.2) is 48.2 Å². The van der Waals surface area contributed by atoms with Gasteiger partial charge in [-0.05, 0) is 36.4 Å². The highest BCUT2D eigenvalue weighted by Crippen LogP contribution is 2.31. The van der Waals surface area contributed by atoms with Crippen molar-refractivity contribution in [2.75, 3.05) is 37.0 Å². The molecule has 2 aromatic heterocycles. The normalized spacial score (nSPS) is 13.5. The van der Waals surface area contributed by atoms with Gasteiger partial charge in [0.2, 0.25) is 0 Å². The Labute approximate surface area is 168 Å². The Balaban J connectivity index is 1.52. The first kappa shape index (κ1) is 18.6. The lowest BCUT2D eigenvalue weighted by atomic mass is 10.1. The number of pyridine rings is 1. The molecule has 0 bridgehead atoms. The van der Waals surface area contributed by atoms with Crippen molar-refractivity contribution in [3.8, 4) is 23.1 Å². The topological polar surface area (TPSA) is 78.2 Å². The number of rotatable bonds is 5. The SMILES string of the molecule is COc1ccc(-c2ncnc(N3CC(N(C)c4cccnc4C#N)C3)c2F)cc1. The molecule has 1 aliphatic heterocycles. The molecule has 0 unspecified atom stereocenters. The number of methoxy groups -OCH3 is 1. The van der Waals surface area contributed by atoms with Crippen molar-refractivity contribution >= 4 is 11.5 Å². The van der Waals surface area contributed by atoms with E-state index in [1.807, 2.05) is 22.9 Å². The highest BCUT2D eigenvalue weighted by atomic mass is 19.1. The van der Waals surface area contributed by atoms with Crippen molar-refractivity contribution in [1.29, 1.82) is 5.26 Å². The fraction of sp³-hybridized carbons (Fsp3) is 0.238. The van der Waals surface area contributed by atoms with Crippen LogP contribution in [0.5, 0.6) is 5.75 Å². The molecule has 8 heteroatoms. The minimum absolute atomic E-state index is 0.130. The fourth-order valence-corrected chi connectivity index (χ4v) is 3.37. The van der Waals surface area contributed by atoms with Crippen LogP contribution >= 0.6 is 0 Å². The summed E-state index contributed by atoms with van der Waals surface area (Å²) in [7, 11) is 3.50. The summed E-state index contributed by atoms with van der Waals surface area (Å²) in [6.45, 7) is 1.18. The molecule has 146 valence electrons. The van der Waals surface area contributed by atoms with Crippen LogP contribution in [0.2, 0.25) is 0 Å². The van der Waals surface area contributed by atoms with Crippen molar-refractivity contribution in [2.24, 2.45) is 0 Å². The smallest absolute Gasteiger partial charge is 0.191 e. The number of hydrogen-bond donors (Lipinski definition) is 0. The Morgan fingerprint density at radius 2 is 1.93 bits per heavy atom. The molecule has 1 aliphatic rings. The van der Waals surface area contributed by atoms with Gasteiger partial charge in [-0.1, -0.05) is 0 Å². The predicted octanol–water partition coefficient (Wildman–Crippen LogP) is 2.88. The molecule has 3 aromatic rings. The maximum Gasteiger partial charge on any atom is 0.191 e. The summed E-state index contributed by atoms with van der Waals surface area (Å²) in [5.74, 6) is 0.532. The van der Waals surface area contributed by atoms with Gasteiger partial charge in [0.15, 0.2) is 17.3 Å². The lowest BCUT2D eigenvalue weighted by molar-refractivity contribution is 0.415. The first-order valence-electron chi connectivity index (χ1n) is 9.10. The second-order valence-electron chi connectivity index (χ2n) is 6.74. The fourth-order valence-electron chi connectivity index (χ4n) is 3.37. The van der Waals surface area contributed by atoms with Crippen LogP contribution in [0.15, 0.2) is 48.9 Å². The number of nitriles is 1. The standard InChI is InChI=1S/C21H19FN6O/c1-27(18-4-3-9-24-17(18)10-23)15-11-28(12-15)21-19(22)20(25-13-26-21)14-5-7-16(29-2)8-6-14/h3-9,13,15H,11-12H2,1-2H3. The van der Waals surface area contributed by atoms with E-state index in [9.17, 15) is 5.26 Å². The number of benzene rings is 1. The zero-order valence-electron chi connectivity index (χ0n) is 16.1. The minimum Gasteiger partial charge on any atom is -0.497 e. The van der Waals surface area contributed by atoms with Gasteiger partial charge in [-0.3, -0.25) is 0 Å². The summed E-state index contributed by atoms with van der Waals surface area (Å²) in [4.78, 5) is 16.2. The third-order valence-corrected chi connectivity index (χ3v) is 5.12. The number of anilines is 2. The summed E-state index contributed by atoms with van der Waals surface area (Å²) in [6.07, 6.45) is 2.98. The van der Waals surface area contributed by atoms with E-state index in [1.54, 1.807) is 43.6 Å². The van der Waals surface area contributed by atoms with E-state index in [2.05, 4.69) is 21.0 Å². The Morgan fingerprint density at radius 1 is 1.17 bits per heavy atom. The van der Waals surface area contributed by atoms with E-state index in [1.165, 1.54) is 6.33 Å². The quantitative estimate of drug-likeness (QED) is 0.663. The highest BCUT2D eigenvalue weighted by Gasteiger charge is 2.34. The van der Waals surface area contributed by atoms with Gasteiger partial charge in [-0.15, -0.1) is 0 Å². The molecule has 0 atom stereocenters. The van der Waals surface area contributed by atoms with Gasteiger partial charge in [-0.2, -0.15) is 5.26 Å². The van der Waals surface area contributed by atoms with Gasteiger partial charge < -0.3 is 14.5 Å². The van der Waals surface area contributed by atoms with Gasteiger partial charge in [0, 0.05) is 31.9 Å². The molecule has 0 amide bonds. The number of likely N-dealkylation sites (N-methyl/N-ethyl adjacent to an activating group) is 1. The first-order chi connectivity index (χ1) is 14.1. The van der Waals surface area contributed by atoms with Crippen molar-refractivity contribution in [2.45, 2.75) is 6.04 Å². The van der Waals surface area contributed by atoms with Gasteiger partial charge in [0.25, 0.3) is 0 Å². The highest BCUT2D eigenvalue weighted by molar-refractivity contribution is 5.65. The molecule has 1 aromatic carbocycles. The molecule has 0 N–H and O–H groups in total. The average molecular weight is 390 g/mol. The van der Waals surface area contributed by atoms with Crippen LogP contribution in [0.25, 0.3) is 11.3 Å². The molecule has 0 radical (unpaired) electrons. The Bertz CT molecular complexity index is 1060. The van der Waals surface area contributed by atoms with Gasteiger partial charge >= 0.3 is 0 Å². The average Bonchev–Trinajstić information content (AvgIpc) is 2.74. The van der Waals surface area contributed by atoms with Crippen LogP contribution in [0.1, 0.15) is 5.69 Å². The molecule has 29 heavy (non-hydrogen) atoms. The molecule has 0 spiro atoms. The first-order valence-corrected chi connectivity index (χ1v) is 9.10. The summed E-state index contributed by atoms with van der Waals surface area (Å²) in [6, 6.07) is 13.0. The monoisotopic (exact) mass is 390 g/mol. The van der Waals surface area contributed by atoms with E-state index < -0.39 is 5.82 Å². The molecule has 0 saturated carbocycles. The van der Waals surface area contributed by atoms with Gasteiger partial charge in [-0.25, -0.2) is 19.3 Å². The lowest BCUT2D eigenvalue weighted by Gasteiger charge is -2.45. The molecule has 4 rings (SSSR count). The van der Waals surface area contributed by atoms with E-state index in [4.69, 9.17) is 4.74 Å². The van der Waals surface area contributed by atoms with Gasteiger partial charge in [0.1, 0.15) is 23.8 Å². The van der Waals surface area contributed by atoms with Crippen LogP contribution in [0.3, 0.4) is 0 Å². The molecule has 0 aliphatic carbocycles. The molecular weight excluding hydrogens is 371 g/mol. The molecule has 7 nitrogen and oxygen atoms in total. The Kier molecular flexibility index (Phi) is 4.96. The largest absolute Gasteiger partial charge is 0.497 e. The number of nitrogens with zero attached hydrogens (tertiary/aromatic N) is 6. The van der Waals surface area contributed by atoms with Gasteiger partial charge in [0.05, 0.1) is 18.8 Å². The number of ether oxygens (including phenoxy) is 1. The zero-order chi connectivity index (χ0) is 20.4. The van der Waals surface area contributed by atoms with Crippen LogP contribution in [-0.2, 0) is 0 Å². The van der Waals surface area contributed by atoms with Crippen molar-refractivity contribution in [3.05, 3.63) is 60.4 Å². The maximum atomic E-state index is 15.1. The third-order valence-electron chi connectivity index (χ3n) is 5.12. The summed E-state index contributed by atoms with van der Waals surface area (Å²) in [5.41, 5.74) is 2.06. The molecular formula is C21H19FN6O. The number of halogens is 1. The van der Waals surface area contributed by atoms with Crippen molar-refractivity contribution in [3.63, 3.8) is 0 Å². The molecule has 1 fully saturated rings. The second-order valence-corrected chi connectivity index (χ2v) is 6.74. The van der Waals surface area contributed by atoms with Crippen molar-refractivity contribution in [1.82, 2.24) is 15.0 Å². The zero-order valence-corrected chi connectivity index (χ0v) is 16.1. The van der Waals surface area contributed by atoms with E-state index in [0.717, 1.165) is 5.69 Å². The summed E-state index contributed by atoms with van der Waals surface area (Å²) in [5, 5.41) is 9.25. The predicted molar refractivity (Wildman–Crippen MR) is 107 cm³/mol. The second kappa shape index (κ2) is 7.72. The maximum absolute atomic E-state index is 15.1. The Hall–Kier alpha value is -3.73. The number of hydrogen-bond acceptors (Lipinski definition) is 7. The minimum atomic E-state index is -0.446. The third kappa shape index (κ3) is 3.43. The Morgan fingerprint density at radius 3 is 2.62 bits per heavy atom. The van der Waals surface area contributed by atoms with E-state index >= 15 is 4.39 Å². The molecule has 1 saturated heterocycles. The van der Waals surface area contributed by atoms with Crippen LogP contribution < -0.4 is 14.5 Å².